The van der Waals surface area contributed by atoms with Crippen LogP contribution in [-0.2, 0) is 20.7 Å². The molecule has 7 nitrogen and oxygen atoms in total. The van der Waals surface area contributed by atoms with Crippen molar-refractivity contribution in [3.63, 3.8) is 0 Å². The van der Waals surface area contributed by atoms with Gasteiger partial charge in [-0.05, 0) is 44.5 Å². The maximum atomic E-state index is 12.3. The number of esters is 1. The van der Waals surface area contributed by atoms with E-state index in [0.29, 0.717) is 11.4 Å². The number of fused-ring (bicyclic) bond motifs is 1. The molecule has 1 heterocycles. The largest absolute Gasteiger partial charge is 0.455 e. The Kier molecular flexibility index (Phi) is 6.87. The van der Waals surface area contributed by atoms with E-state index in [1.54, 1.807) is 13.8 Å². The van der Waals surface area contributed by atoms with Crippen LogP contribution in [0.2, 0.25) is 0 Å². The number of rotatable bonds is 8. The summed E-state index contributed by atoms with van der Waals surface area (Å²) >= 11 is 0. The van der Waals surface area contributed by atoms with Crippen molar-refractivity contribution in [3.8, 4) is 0 Å². The number of para-hydroxylation sites is 2. The standard InChI is InChI=1S/C24H26N4O3/c1-15(25)24(17(3)26-18-9-5-4-6-10-18)28-22(29)14-31-23(30)13-20-16(2)27-21-12-8-7-11-19(20)21/h4-12,25-27H,13-14H2,1-3H3,(H,28,29)/b24-17+,25-15?. The first-order chi connectivity index (χ1) is 14.8. The fourth-order valence-electron chi connectivity index (χ4n) is 3.35. The van der Waals surface area contributed by atoms with Crippen LogP contribution < -0.4 is 10.6 Å². The van der Waals surface area contributed by atoms with Gasteiger partial charge in [0, 0.05) is 28.0 Å². The summed E-state index contributed by atoms with van der Waals surface area (Å²) in [6, 6.07) is 17.2. The van der Waals surface area contributed by atoms with Gasteiger partial charge in [-0.25, -0.2) is 0 Å². The van der Waals surface area contributed by atoms with Crippen LogP contribution >= 0.6 is 0 Å². The van der Waals surface area contributed by atoms with E-state index < -0.39 is 18.5 Å². The van der Waals surface area contributed by atoms with Crippen molar-refractivity contribution in [3.05, 3.63) is 77.2 Å². The highest BCUT2D eigenvalue weighted by atomic mass is 16.5. The molecule has 0 radical (unpaired) electrons. The average Bonchev–Trinajstić information content (AvgIpc) is 3.06. The summed E-state index contributed by atoms with van der Waals surface area (Å²) in [5.41, 5.74) is 4.71. The van der Waals surface area contributed by atoms with Gasteiger partial charge in [0.25, 0.3) is 5.91 Å². The van der Waals surface area contributed by atoms with Gasteiger partial charge in [0.05, 0.1) is 17.8 Å². The molecule has 1 amide bonds. The number of hydrogen-bond acceptors (Lipinski definition) is 5. The number of allylic oxidation sites excluding steroid dienone is 2. The normalized spacial score (nSPS) is 11.6. The quantitative estimate of drug-likeness (QED) is 0.327. The Morgan fingerprint density at radius 2 is 1.71 bits per heavy atom. The van der Waals surface area contributed by atoms with E-state index in [-0.39, 0.29) is 12.1 Å². The van der Waals surface area contributed by atoms with Crippen molar-refractivity contribution in [1.29, 1.82) is 5.41 Å². The molecule has 7 heteroatoms. The van der Waals surface area contributed by atoms with E-state index in [1.165, 1.54) is 0 Å². The van der Waals surface area contributed by atoms with Gasteiger partial charge < -0.3 is 25.8 Å². The topological polar surface area (TPSA) is 107 Å². The van der Waals surface area contributed by atoms with Gasteiger partial charge in [-0.2, -0.15) is 0 Å². The summed E-state index contributed by atoms with van der Waals surface area (Å²) in [7, 11) is 0. The monoisotopic (exact) mass is 418 g/mol. The molecule has 160 valence electrons. The number of H-pyrrole nitrogens is 1. The fraction of sp³-hybridized carbons (Fsp3) is 0.208. The van der Waals surface area contributed by atoms with E-state index in [2.05, 4.69) is 15.6 Å². The van der Waals surface area contributed by atoms with Crippen LogP contribution in [0.4, 0.5) is 5.69 Å². The second kappa shape index (κ2) is 9.75. The lowest BCUT2D eigenvalue weighted by Crippen LogP contribution is -2.32. The predicted molar refractivity (Wildman–Crippen MR) is 122 cm³/mol. The number of carbonyl (C=O) groups excluding carboxylic acids is 2. The molecule has 3 rings (SSSR count). The number of anilines is 1. The first kappa shape index (κ1) is 21.8. The molecule has 0 spiro atoms. The first-order valence-electron chi connectivity index (χ1n) is 9.95. The highest BCUT2D eigenvalue weighted by Crippen LogP contribution is 2.22. The third-order valence-corrected chi connectivity index (χ3v) is 4.83. The van der Waals surface area contributed by atoms with Crippen LogP contribution in [0, 0.1) is 12.3 Å². The van der Waals surface area contributed by atoms with E-state index in [4.69, 9.17) is 10.1 Å². The molecule has 0 aliphatic rings. The molecule has 0 atom stereocenters. The first-order valence-corrected chi connectivity index (χ1v) is 9.95. The second-order valence-corrected chi connectivity index (χ2v) is 7.28. The number of aromatic nitrogens is 1. The second-order valence-electron chi connectivity index (χ2n) is 7.28. The Morgan fingerprint density at radius 3 is 2.42 bits per heavy atom. The van der Waals surface area contributed by atoms with Gasteiger partial charge in [0.2, 0.25) is 0 Å². The number of amides is 1. The number of carbonyl (C=O) groups is 2. The minimum atomic E-state index is -0.500. The van der Waals surface area contributed by atoms with Gasteiger partial charge in [-0.1, -0.05) is 36.4 Å². The minimum Gasteiger partial charge on any atom is -0.455 e. The van der Waals surface area contributed by atoms with E-state index >= 15 is 0 Å². The molecule has 0 saturated carbocycles. The third-order valence-electron chi connectivity index (χ3n) is 4.83. The molecule has 1 aromatic heterocycles. The molecule has 0 aliphatic heterocycles. The number of ether oxygens (including phenoxy) is 1. The SMILES string of the molecule is CC(=N)/C(NC(=O)COC(=O)Cc1c(C)[nH]c2ccccc12)=C(/C)Nc1ccccc1. The van der Waals surface area contributed by atoms with Crippen LogP contribution in [0.3, 0.4) is 0 Å². The molecule has 0 fully saturated rings. The predicted octanol–water partition coefficient (Wildman–Crippen LogP) is 4.06. The Hall–Kier alpha value is -3.87. The highest BCUT2D eigenvalue weighted by molar-refractivity contribution is 6.00. The molecule has 2 aromatic carbocycles. The summed E-state index contributed by atoms with van der Waals surface area (Å²) in [6.45, 7) is 4.83. The molecule has 0 bridgehead atoms. The number of aromatic amines is 1. The van der Waals surface area contributed by atoms with Gasteiger partial charge in [-0.15, -0.1) is 0 Å². The van der Waals surface area contributed by atoms with E-state index in [1.807, 2.05) is 61.5 Å². The minimum absolute atomic E-state index is 0.0734. The molecule has 3 aromatic rings. The lowest BCUT2D eigenvalue weighted by molar-refractivity contribution is -0.147. The van der Waals surface area contributed by atoms with Crippen molar-refractivity contribution >= 4 is 34.2 Å². The van der Waals surface area contributed by atoms with Crippen LogP contribution in [0.5, 0.6) is 0 Å². The van der Waals surface area contributed by atoms with Crippen molar-refractivity contribution in [1.82, 2.24) is 10.3 Å². The highest BCUT2D eigenvalue weighted by Gasteiger charge is 2.16. The molecule has 0 saturated heterocycles. The summed E-state index contributed by atoms with van der Waals surface area (Å²) in [6.07, 6.45) is 0.0734. The zero-order chi connectivity index (χ0) is 22.4. The summed E-state index contributed by atoms with van der Waals surface area (Å²) in [4.78, 5) is 27.9. The summed E-state index contributed by atoms with van der Waals surface area (Å²) < 4.78 is 5.18. The van der Waals surface area contributed by atoms with Crippen molar-refractivity contribution in [2.45, 2.75) is 27.2 Å². The maximum absolute atomic E-state index is 12.3. The van der Waals surface area contributed by atoms with Gasteiger partial charge >= 0.3 is 5.97 Å². The Labute approximate surface area is 181 Å². The van der Waals surface area contributed by atoms with Gasteiger partial charge in [0.1, 0.15) is 0 Å². The zero-order valence-electron chi connectivity index (χ0n) is 17.8. The average molecular weight is 418 g/mol. The molecule has 4 N–H and O–H groups in total. The number of nitrogens with one attached hydrogen (secondary N) is 4. The number of hydrogen-bond donors (Lipinski definition) is 4. The molecule has 31 heavy (non-hydrogen) atoms. The Bertz CT molecular complexity index is 1150. The third kappa shape index (κ3) is 5.60. The fourth-order valence-corrected chi connectivity index (χ4v) is 3.35. The van der Waals surface area contributed by atoms with Crippen molar-refractivity contribution in [2.24, 2.45) is 0 Å². The number of aryl methyl sites for hydroxylation is 1. The molecular formula is C24H26N4O3. The Balaban J connectivity index is 1.60. The van der Waals surface area contributed by atoms with Crippen LogP contribution in [0.1, 0.15) is 25.1 Å². The lowest BCUT2D eigenvalue weighted by atomic mass is 10.1. The zero-order valence-corrected chi connectivity index (χ0v) is 17.8. The van der Waals surface area contributed by atoms with Crippen molar-refractivity contribution < 1.29 is 14.3 Å². The summed E-state index contributed by atoms with van der Waals surface area (Å²) in [5.74, 6) is -0.987. The smallest absolute Gasteiger partial charge is 0.310 e. The van der Waals surface area contributed by atoms with E-state index in [0.717, 1.165) is 27.8 Å². The lowest BCUT2D eigenvalue weighted by Gasteiger charge is -2.15. The molecule has 0 aliphatic carbocycles. The summed E-state index contributed by atoms with van der Waals surface area (Å²) in [5, 5.41) is 14.8. The van der Waals surface area contributed by atoms with E-state index in [9.17, 15) is 9.59 Å². The molecule has 0 unspecified atom stereocenters. The molecular weight excluding hydrogens is 392 g/mol. The van der Waals surface area contributed by atoms with Crippen molar-refractivity contribution in [2.75, 3.05) is 11.9 Å². The Morgan fingerprint density at radius 1 is 1.03 bits per heavy atom. The van der Waals surface area contributed by atoms with Crippen LogP contribution in [0.25, 0.3) is 10.9 Å². The van der Waals surface area contributed by atoms with Crippen LogP contribution in [-0.4, -0.2) is 29.2 Å². The number of benzene rings is 2. The van der Waals surface area contributed by atoms with Gasteiger partial charge in [-0.3, -0.25) is 9.59 Å². The van der Waals surface area contributed by atoms with Crippen LogP contribution in [0.15, 0.2) is 66.0 Å². The van der Waals surface area contributed by atoms with Gasteiger partial charge in [0.15, 0.2) is 6.61 Å². The maximum Gasteiger partial charge on any atom is 0.310 e.